The number of pyridine rings is 1. The first-order chi connectivity index (χ1) is 11.3. The lowest BCUT2D eigenvalue weighted by Gasteiger charge is -2.12. The Kier molecular flexibility index (Phi) is 3.46. The molecule has 0 radical (unpaired) electrons. The van der Waals surface area contributed by atoms with Crippen molar-refractivity contribution in [2.75, 3.05) is 5.32 Å². The van der Waals surface area contributed by atoms with Crippen LogP contribution in [0.4, 0.5) is 5.69 Å². The molecule has 4 rings (SSSR count). The van der Waals surface area contributed by atoms with Gasteiger partial charge in [0.25, 0.3) is 0 Å². The van der Waals surface area contributed by atoms with Crippen LogP contribution < -0.4 is 10.6 Å². The average molecular weight is 306 g/mol. The van der Waals surface area contributed by atoms with E-state index in [1.165, 1.54) is 0 Å². The standard InChI is InChI=1S/C18H18N4O/c23-18-5-4-16(22-18)12-2-1-3-14(8-12)20-11-15-9-13-10-19-7-6-17(13)21-15/h1-3,6-10,16,20-21H,4-5,11H2,(H,22,23). The highest BCUT2D eigenvalue weighted by Crippen LogP contribution is 2.26. The molecule has 1 amide bonds. The van der Waals surface area contributed by atoms with Gasteiger partial charge < -0.3 is 15.6 Å². The second-order valence-corrected chi connectivity index (χ2v) is 5.90. The summed E-state index contributed by atoms with van der Waals surface area (Å²) in [5, 5.41) is 7.56. The number of fused-ring (bicyclic) bond motifs is 1. The quantitative estimate of drug-likeness (QED) is 0.693. The Morgan fingerprint density at radius 3 is 3.04 bits per heavy atom. The number of anilines is 1. The van der Waals surface area contributed by atoms with E-state index >= 15 is 0 Å². The number of aromatic nitrogens is 2. The summed E-state index contributed by atoms with van der Waals surface area (Å²) in [6.07, 6.45) is 5.14. The topological polar surface area (TPSA) is 69.8 Å². The number of carbonyl (C=O) groups excluding carboxylic acids is 1. The van der Waals surface area contributed by atoms with Crippen LogP contribution >= 0.6 is 0 Å². The predicted octanol–water partition coefficient (Wildman–Crippen LogP) is 3.13. The molecule has 0 aliphatic carbocycles. The fourth-order valence-electron chi connectivity index (χ4n) is 3.05. The first kappa shape index (κ1) is 13.8. The minimum absolute atomic E-state index is 0.139. The molecule has 1 aromatic carbocycles. The van der Waals surface area contributed by atoms with E-state index in [1.54, 1.807) is 6.20 Å². The van der Waals surface area contributed by atoms with E-state index in [4.69, 9.17) is 0 Å². The average Bonchev–Trinajstić information content (AvgIpc) is 3.19. The molecule has 23 heavy (non-hydrogen) atoms. The van der Waals surface area contributed by atoms with Crippen molar-refractivity contribution in [2.24, 2.45) is 0 Å². The van der Waals surface area contributed by atoms with Crippen LogP contribution in [0.15, 0.2) is 48.8 Å². The molecule has 0 saturated carbocycles. The molecule has 3 N–H and O–H groups in total. The van der Waals surface area contributed by atoms with Gasteiger partial charge in [-0.15, -0.1) is 0 Å². The maximum Gasteiger partial charge on any atom is 0.220 e. The zero-order valence-corrected chi connectivity index (χ0v) is 12.7. The van der Waals surface area contributed by atoms with Gasteiger partial charge in [0.2, 0.25) is 5.91 Å². The first-order valence-electron chi connectivity index (χ1n) is 7.83. The number of hydrogen-bond donors (Lipinski definition) is 3. The van der Waals surface area contributed by atoms with Crippen LogP contribution in [0.3, 0.4) is 0 Å². The Hall–Kier alpha value is -2.82. The van der Waals surface area contributed by atoms with Crippen molar-refractivity contribution in [3.8, 4) is 0 Å². The smallest absolute Gasteiger partial charge is 0.220 e. The third-order valence-electron chi connectivity index (χ3n) is 4.24. The molecule has 1 saturated heterocycles. The van der Waals surface area contributed by atoms with Crippen LogP contribution in [-0.2, 0) is 11.3 Å². The third-order valence-corrected chi connectivity index (χ3v) is 4.24. The molecule has 116 valence electrons. The summed E-state index contributed by atoms with van der Waals surface area (Å²) in [5.41, 5.74) is 4.42. The maximum absolute atomic E-state index is 11.4. The zero-order chi connectivity index (χ0) is 15.6. The van der Waals surface area contributed by atoms with E-state index in [0.29, 0.717) is 6.42 Å². The fraction of sp³-hybridized carbons (Fsp3) is 0.222. The summed E-state index contributed by atoms with van der Waals surface area (Å²) >= 11 is 0. The van der Waals surface area contributed by atoms with Crippen molar-refractivity contribution in [3.63, 3.8) is 0 Å². The second-order valence-electron chi connectivity index (χ2n) is 5.90. The highest BCUT2D eigenvalue weighted by Gasteiger charge is 2.22. The van der Waals surface area contributed by atoms with Gasteiger partial charge in [-0.05, 0) is 36.2 Å². The molecule has 3 aromatic rings. The van der Waals surface area contributed by atoms with E-state index in [1.807, 2.05) is 24.4 Å². The van der Waals surface area contributed by atoms with E-state index in [-0.39, 0.29) is 11.9 Å². The molecular formula is C18H18N4O. The Balaban J connectivity index is 1.47. The number of nitrogens with one attached hydrogen (secondary N) is 3. The zero-order valence-electron chi connectivity index (χ0n) is 12.7. The second kappa shape index (κ2) is 5.76. The van der Waals surface area contributed by atoms with Gasteiger partial charge in [0.05, 0.1) is 12.6 Å². The number of hydrogen-bond acceptors (Lipinski definition) is 3. The van der Waals surface area contributed by atoms with Crippen molar-refractivity contribution in [2.45, 2.75) is 25.4 Å². The monoisotopic (exact) mass is 306 g/mol. The van der Waals surface area contributed by atoms with Crippen molar-refractivity contribution < 1.29 is 4.79 Å². The summed E-state index contributed by atoms with van der Waals surface area (Å²) in [6.45, 7) is 0.717. The lowest BCUT2D eigenvalue weighted by molar-refractivity contribution is -0.119. The van der Waals surface area contributed by atoms with Crippen LogP contribution in [0.2, 0.25) is 0 Å². The molecule has 0 spiro atoms. The third kappa shape index (κ3) is 2.90. The van der Waals surface area contributed by atoms with Crippen molar-refractivity contribution >= 4 is 22.5 Å². The molecule has 5 nitrogen and oxygen atoms in total. The van der Waals surface area contributed by atoms with Crippen LogP contribution in [0.5, 0.6) is 0 Å². The number of nitrogens with zero attached hydrogens (tertiary/aromatic N) is 1. The summed E-state index contributed by atoms with van der Waals surface area (Å²) in [5.74, 6) is 0.139. The van der Waals surface area contributed by atoms with Gasteiger partial charge in [0, 0.05) is 41.1 Å². The SMILES string of the molecule is O=C1CCC(c2cccc(NCc3cc4cnccc4[nH]3)c2)N1. The summed E-state index contributed by atoms with van der Waals surface area (Å²) in [6, 6.07) is 12.5. The van der Waals surface area contributed by atoms with Gasteiger partial charge in [-0.2, -0.15) is 0 Å². The predicted molar refractivity (Wildman–Crippen MR) is 90.0 cm³/mol. The Morgan fingerprint density at radius 2 is 2.22 bits per heavy atom. The van der Waals surface area contributed by atoms with E-state index in [9.17, 15) is 4.79 Å². The van der Waals surface area contributed by atoms with Crippen LogP contribution in [0, 0.1) is 0 Å². The highest BCUT2D eigenvalue weighted by molar-refractivity contribution is 5.79. The molecule has 1 unspecified atom stereocenters. The number of amides is 1. The van der Waals surface area contributed by atoms with Crippen molar-refractivity contribution in [1.29, 1.82) is 0 Å². The minimum atomic E-state index is 0.139. The fourth-order valence-corrected chi connectivity index (χ4v) is 3.05. The summed E-state index contributed by atoms with van der Waals surface area (Å²) in [7, 11) is 0. The Morgan fingerprint density at radius 1 is 1.26 bits per heavy atom. The van der Waals surface area contributed by atoms with Crippen LogP contribution in [0.25, 0.3) is 10.9 Å². The van der Waals surface area contributed by atoms with E-state index < -0.39 is 0 Å². The summed E-state index contributed by atoms with van der Waals surface area (Å²) in [4.78, 5) is 18.9. The molecule has 1 atom stereocenters. The molecule has 1 aliphatic rings. The number of benzene rings is 1. The normalized spacial score (nSPS) is 17.4. The molecule has 5 heteroatoms. The van der Waals surface area contributed by atoms with Gasteiger partial charge in [-0.25, -0.2) is 0 Å². The number of carbonyl (C=O) groups is 1. The molecule has 2 aromatic heterocycles. The van der Waals surface area contributed by atoms with Crippen molar-refractivity contribution in [1.82, 2.24) is 15.3 Å². The Bertz CT molecular complexity index is 822. The van der Waals surface area contributed by atoms with E-state index in [0.717, 1.165) is 40.8 Å². The summed E-state index contributed by atoms with van der Waals surface area (Å²) < 4.78 is 0. The molecule has 3 heterocycles. The highest BCUT2D eigenvalue weighted by atomic mass is 16.1. The lowest BCUT2D eigenvalue weighted by atomic mass is 10.0. The van der Waals surface area contributed by atoms with Crippen LogP contribution in [0.1, 0.15) is 30.1 Å². The largest absolute Gasteiger partial charge is 0.379 e. The van der Waals surface area contributed by atoms with Crippen LogP contribution in [-0.4, -0.2) is 15.9 Å². The maximum atomic E-state index is 11.4. The first-order valence-corrected chi connectivity index (χ1v) is 7.83. The van der Waals surface area contributed by atoms with Gasteiger partial charge >= 0.3 is 0 Å². The molecule has 1 fully saturated rings. The minimum Gasteiger partial charge on any atom is -0.379 e. The number of H-pyrrole nitrogens is 1. The van der Waals surface area contributed by atoms with E-state index in [2.05, 4.69) is 38.8 Å². The van der Waals surface area contributed by atoms with Gasteiger partial charge in [0.15, 0.2) is 0 Å². The van der Waals surface area contributed by atoms with Gasteiger partial charge in [0.1, 0.15) is 0 Å². The lowest BCUT2D eigenvalue weighted by Crippen LogP contribution is -2.18. The molecule has 1 aliphatic heterocycles. The van der Waals surface area contributed by atoms with Crippen molar-refractivity contribution in [3.05, 3.63) is 60.0 Å². The molecular weight excluding hydrogens is 288 g/mol. The van der Waals surface area contributed by atoms with Gasteiger partial charge in [-0.1, -0.05) is 12.1 Å². The Labute approximate surface area is 134 Å². The number of rotatable bonds is 4. The molecule has 0 bridgehead atoms. The van der Waals surface area contributed by atoms with Gasteiger partial charge in [-0.3, -0.25) is 9.78 Å². The number of aromatic amines is 1.